The molecule has 0 unspecified atom stereocenters. The van der Waals surface area contributed by atoms with Crippen molar-refractivity contribution in [2.24, 2.45) is 10.2 Å². The molecular weight excluding hydrogens is 502 g/mol. The van der Waals surface area contributed by atoms with Crippen molar-refractivity contribution in [1.29, 1.82) is 0 Å². The zero-order valence-electron chi connectivity index (χ0n) is 17.0. The van der Waals surface area contributed by atoms with Gasteiger partial charge in [-0.3, -0.25) is 10.1 Å². The summed E-state index contributed by atoms with van der Waals surface area (Å²) < 4.78 is 68.9. The SMILES string of the molecule is Nc1cc(S(=O)(=O)[O-])cc2cc(S(=O)(=O)[O-])c(N=Nc3ccc([N+](=O)[O-])cc3)c(O)c12.[Na+].[Na+]. The minimum absolute atomic E-state index is 0. The average molecular weight is 512 g/mol. The predicted octanol–water partition coefficient (Wildman–Crippen LogP) is -3.73. The van der Waals surface area contributed by atoms with E-state index in [0.717, 1.165) is 24.3 Å². The van der Waals surface area contributed by atoms with Crippen molar-refractivity contribution < 1.29 is 95.1 Å². The van der Waals surface area contributed by atoms with Gasteiger partial charge in [-0.15, -0.1) is 5.11 Å². The third-order valence-electron chi connectivity index (χ3n) is 4.04. The second kappa shape index (κ2) is 10.7. The summed E-state index contributed by atoms with van der Waals surface area (Å²) in [6.45, 7) is 0. The molecule has 0 saturated carbocycles. The second-order valence-corrected chi connectivity index (χ2v) is 8.79. The van der Waals surface area contributed by atoms with E-state index in [9.17, 15) is 41.2 Å². The van der Waals surface area contributed by atoms with Gasteiger partial charge < -0.3 is 19.9 Å². The topological polar surface area (TPSA) is 229 Å². The van der Waals surface area contributed by atoms with Gasteiger partial charge in [-0.25, -0.2) is 16.8 Å². The Kier molecular flexibility index (Phi) is 9.55. The van der Waals surface area contributed by atoms with E-state index in [2.05, 4.69) is 10.2 Å². The van der Waals surface area contributed by atoms with Crippen LogP contribution in [-0.2, 0) is 20.2 Å². The van der Waals surface area contributed by atoms with Crippen LogP contribution in [0, 0.1) is 10.1 Å². The molecule has 0 aromatic heterocycles. The Morgan fingerprint density at radius 1 is 0.909 bits per heavy atom. The summed E-state index contributed by atoms with van der Waals surface area (Å²) in [7, 11) is -10.2. The number of azo groups is 1. The zero-order chi connectivity index (χ0) is 23.1. The monoisotopic (exact) mass is 512 g/mol. The van der Waals surface area contributed by atoms with E-state index < -0.39 is 52.1 Å². The van der Waals surface area contributed by atoms with Crippen LogP contribution in [-0.4, -0.2) is 36.0 Å². The van der Waals surface area contributed by atoms with Gasteiger partial charge in [-0.2, -0.15) is 5.11 Å². The van der Waals surface area contributed by atoms with Crippen molar-refractivity contribution in [3.63, 3.8) is 0 Å². The van der Waals surface area contributed by atoms with Gasteiger partial charge in [0.15, 0.2) is 5.75 Å². The smallest absolute Gasteiger partial charge is 0.744 e. The number of hydrogen-bond acceptors (Lipinski definition) is 12. The average Bonchev–Trinajstić information content (AvgIpc) is 2.65. The van der Waals surface area contributed by atoms with Crippen molar-refractivity contribution in [3.8, 4) is 5.75 Å². The van der Waals surface area contributed by atoms with Crippen molar-refractivity contribution in [2.45, 2.75) is 9.79 Å². The number of nitrogens with two attached hydrogens (primary N) is 1. The fourth-order valence-electron chi connectivity index (χ4n) is 2.67. The number of aromatic hydroxyl groups is 1. The van der Waals surface area contributed by atoms with Crippen LogP contribution in [0.5, 0.6) is 5.75 Å². The molecule has 0 aliphatic rings. The molecule has 33 heavy (non-hydrogen) atoms. The first-order chi connectivity index (χ1) is 14.3. The van der Waals surface area contributed by atoms with Crippen LogP contribution >= 0.6 is 0 Å². The summed E-state index contributed by atoms with van der Waals surface area (Å²) in [5.41, 5.74) is 4.31. The number of nitro benzene ring substituents is 1. The molecule has 0 aliphatic heterocycles. The maximum atomic E-state index is 11.7. The predicted molar refractivity (Wildman–Crippen MR) is 103 cm³/mol. The molecule has 17 heteroatoms. The number of nitrogens with zero attached hydrogens (tertiary/aromatic N) is 3. The molecule has 13 nitrogen and oxygen atoms in total. The Morgan fingerprint density at radius 3 is 1.97 bits per heavy atom. The Labute approximate surface area is 230 Å². The van der Waals surface area contributed by atoms with Crippen LogP contribution in [0.15, 0.2) is 62.5 Å². The number of non-ortho nitro benzene ring substituents is 1. The number of nitro groups is 1. The van der Waals surface area contributed by atoms with E-state index in [1.165, 1.54) is 12.1 Å². The van der Waals surface area contributed by atoms with E-state index in [1.807, 2.05) is 0 Å². The number of anilines is 1. The minimum Gasteiger partial charge on any atom is -0.744 e. The molecule has 3 aromatic rings. The second-order valence-electron chi connectivity index (χ2n) is 6.06. The summed E-state index contributed by atoms with van der Waals surface area (Å²) in [5.74, 6) is -0.898. The van der Waals surface area contributed by atoms with Crippen LogP contribution in [0.3, 0.4) is 0 Å². The van der Waals surface area contributed by atoms with Crippen molar-refractivity contribution in [1.82, 2.24) is 0 Å². The van der Waals surface area contributed by atoms with E-state index in [4.69, 9.17) is 5.73 Å². The van der Waals surface area contributed by atoms with Gasteiger partial charge in [0.2, 0.25) is 0 Å². The van der Waals surface area contributed by atoms with Gasteiger partial charge in [0.1, 0.15) is 25.9 Å². The first-order valence-electron chi connectivity index (χ1n) is 7.96. The number of phenolic OH excluding ortho intramolecular Hbond substituents is 1. The number of phenols is 1. The quantitative estimate of drug-likeness (QED) is 0.0847. The first-order valence-corrected chi connectivity index (χ1v) is 10.8. The molecule has 0 heterocycles. The van der Waals surface area contributed by atoms with Gasteiger partial charge in [-0.05, 0) is 35.7 Å². The molecule has 0 atom stereocenters. The molecule has 0 amide bonds. The molecule has 3 N–H and O–H groups in total. The fraction of sp³-hybridized carbons (Fsp3) is 0. The summed E-state index contributed by atoms with van der Waals surface area (Å²) >= 11 is 0. The molecule has 0 saturated heterocycles. The molecule has 3 aromatic carbocycles. The van der Waals surface area contributed by atoms with Crippen molar-refractivity contribution in [3.05, 3.63) is 52.6 Å². The molecule has 0 radical (unpaired) electrons. The van der Waals surface area contributed by atoms with Crippen LogP contribution in [0.25, 0.3) is 10.8 Å². The summed E-state index contributed by atoms with van der Waals surface area (Å²) in [5, 5.41) is 27.8. The van der Waals surface area contributed by atoms with Gasteiger partial charge in [0.25, 0.3) is 5.69 Å². The number of rotatable bonds is 5. The molecule has 3 rings (SSSR count). The normalized spacial score (nSPS) is 11.7. The largest absolute Gasteiger partial charge is 1.00 e. The Balaban J connectivity index is 0.00000272. The minimum atomic E-state index is -5.25. The van der Waals surface area contributed by atoms with Crippen LogP contribution in [0.4, 0.5) is 22.7 Å². The molecular formula is C16H10N4Na2O9S2. The Bertz CT molecular complexity index is 1480. The number of benzene rings is 3. The van der Waals surface area contributed by atoms with Gasteiger partial charge in [0, 0.05) is 23.2 Å². The van der Waals surface area contributed by atoms with E-state index in [0.29, 0.717) is 6.07 Å². The Morgan fingerprint density at radius 2 is 1.48 bits per heavy atom. The van der Waals surface area contributed by atoms with Gasteiger partial charge >= 0.3 is 59.1 Å². The Hall–Kier alpha value is -1.66. The maximum Gasteiger partial charge on any atom is 1.00 e. The van der Waals surface area contributed by atoms with E-state index >= 15 is 0 Å². The summed E-state index contributed by atoms with van der Waals surface area (Å²) in [6, 6.07) is 6.78. The standard InChI is InChI=1S/C16H12N4O9S2.2Na/c17-12-7-11(30(24,25)26)5-8-6-13(31(27,28)29)15(16(21)14(8)12)19-18-9-1-3-10(4-2-9)20(22)23;;/h1-7,21H,17H2,(H,24,25,26)(H,27,28,29);;/q;2*+1/p-2. The summed E-state index contributed by atoms with van der Waals surface area (Å²) in [4.78, 5) is 8.17. The first kappa shape index (κ1) is 29.4. The van der Waals surface area contributed by atoms with E-state index in [1.54, 1.807) is 0 Å². The molecule has 0 spiro atoms. The molecule has 0 bridgehead atoms. The number of nitrogen functional groups attached to an aromatic ring is 1. The van der Waals surface area contributed by atoms with Crippen molar-refractivity contribution >= 4 is 53.8 Å². The fourth-order valence-corrected chi connectivity index (χ4v) is 3.86. The zero-order valence-corrected chi connectivity index (χ0v) is 22.6. The third kappa shape index (κ3) is 6.48. The van der Waals surface area contributed by atoms with Crippen molar-refractivity contribution in [2.75, 3.05) is 5.73 Å². The molecule has 0 aliphatic carbocycles. The number of hydrogen-bond donors (Lipinski definition) is 2. The van der Waals surface area contributed by atoms with Gasteiger partial charge in [-0.1, -0.05) is 0 Å². The van der Waals surface area contributed by atoms with Crippen LogP contribution in [0.2, 0.25) is 0 Å². The van der Waals surface area contributed by atoms with Gasteiger partial charge in [0.05, 0.1) is 20.4 Å². The number of fused-ring (bicyclic) bond motifs is 1. The summed E-state index contributed by atoms with van der Waals surface area (Å²) in [6.07, 6.45) is 0. The third-order valence-corrected chi connectivity index (χ3v) is 5.70. The van der Waals surface area contributed by atoms with E-state index in [-0.39, 0.29) is 81.3 Å². The van der Waals surface area contributed by atoms with Crippen LogP contribution < -0.4 is 64.8 Å². The maximum absolute atomic E-state index is 11.7. The molecule has 0 fully saturated rings. The molecule has 162 valence electrons. The van der Waals surface area contributed by atoms with Crippen LogP contribution in [0.1, 0.15) is 0 Å².